The Morgan fingerprint density at radius 2 is 2.18 bits per heavy atom. The molecular formula is C14H14ClNO. The van der Waals surface area contributed by atoms with Gasteiger partial charge in [0.15, 0.2) is 0 Å². The summed E-state index contributed by atoms with van der Waals surface area (Å²) < 4.78 is 5.19. The molecule has 0 radical (unpaired) electrons. The zero-order valence-electron chi connectivity index (χ0n) is 9.64. The van der Waals surface area contributed by atoms with Crippen molar-refractivity contribution >= 4 is 11.6 Å². The predicted octanol–water partition coefficient (Wildman–Crippen LogP) is 3.61. The lowest BCUT2D eigenvalue weighted by Gasteiger charge is -2.10. The molecule has 3 heteroatoms. The maximum absolute atomic E-state index is 6.36. The van der Waals surface area contributed by atoms with Crippen LogP contribution in [0.4, 0.5) is 0 Å². The average molecular weight is 248 g/mol. The van der Waals surface area contributed by atoms with Crippen LogP contribution in [0.15, 0.2) is 48.8 Å². The number of benzene rings is 1. The van der Waals surface area contributed by atoms with Crippen molar-refractivity contribution in [3.05, 3.63) is 59.9 Å². The summed E-state index contributed by atoms with van der Waals surface area (Å²) in [6.45, 7) is 0. The standard InChI is InChI=1S/C14H14ClNO/c1-17-13-6-2-4-11(8-13)9-14(15)12-5-3-7-16-10-12/h2-8,10,14H,9H2,1H3. The van der Waals surface area contributed by atoms with Gasteiger partial charge in [-0.25, -0.2) is 0 Å². The van der Waals surface area contributed by atoms with E-state index in [2.05, 4.69) is 4.98 Å². The molecular weight excluding hydrogens is 234 g/mol. The van der Waals surface area contributed by atoms with Gasteiger partial charge in [-0.05, 0) is 35.7 Å². The fraction of sp³-hybridized carbons (Fsp3) is 0.214. The zero-order valence-corrected chi connectivity index (χ0v) is 10.4. The van der Waals surface area contributed by atoms with Crippen molar-refractivity contribution in [3.63, 3.8) is 0 Å². The van der Waals surface area contributed by atoms with Crippen LogP contribution >= 0.6 is 11.6 Å². The Hall–Kier alpha value is -1.54. The van der Waals surface area contributed by atoms with Crippen molar-refractivity contribution in [2.45, 2.75) is 11.8 Å². The second-order valence-electron chi connectivity index (χ2n) is 3.81. The molecule has 0 amide bonds. The van der Waals surface area contributed by atoms with E-state index in [1.54, 1.807) is 19.5 Å². The van der Waals surface area contributed by atoms with Gasteiger partial charge in [-0.1, -0.05) is 18.2 Å². The normalized spacial score (nSPS) is 12.1. The Morgan fingerprint density at radius 1 is 1.29 bits per heavy atom. The number of ether oxygens (including phenoxy) is 1. The second kappa shape index (κ2) is 5.69. The lowest BCUT2D eigenvalue weighted by Crippen LogP contribution is -1.96. The lowest BCUT2D eigenvalue weighted by molar-refractivity contribution is 0.414. The minimum absolute atomic E-state index is 0.0594. The zero-order chi connectivity index (χ0) is 12.1. The van der Waals surface area contributed by atoms with Gasteiger partial charge < -0.3 is 4.74 Å². The van der Waals surface area contributed by atoms with E-state index in [4.69, 9.17) is 16.3 Å². The molecule has 0 saturated heterocycles. The van der Waals surface area contributed by atoms with E-state index in [1.807, 2.05) is 36.4 Å². The van der Waals surface area contributed by atoms with Crippen LogP contribution in [0, 0.1) is 0 Å². The Bertz CT molecular complexity index is 473. The third-order valence-corrected chi connectivity index (χ3v) is 3.00. The molecule has 0 aliphatic heterocycles. The first-order valence-electron chi connectivity index (χ1n) is 5.46. The first-order chi connectivity index (χ1) is 8.29. The van der Waals surface area contributed by atoms with Gasteiger partial charge in [-0.15, -0.1) is 11.6 Å². The highest BCUT2D eigenvalue weighted by molar-refractivity contribution is 6.20. The number of hydrogen-bond donors (Lipinski definition) is 0. The van der Waals surface area contributed by atoms with E-state index in [-0.39, 0.29) is 5.38 Å². The molecule has 2 nitrogen and oxygen atoms in total. The van der Waals surface area contributed by atoms with Crippen LogP contribution in [0.3, 0.4) is 0 Å². The molecule has 1 unspecified atom stereocenters. The van der Waals surface area contributed by atoms with Crippen molar-refractivity contribution in [3.8, 4) is 5.75 Å². The predicted molar refractivity (Wildman–Crippen MR) is 69.5 cm³/mol. The Morgan fingerprint density at radius 3 is 2.88 bits per heavy atom. The molecule has 0 fully saturated rings. The molecule has 2 aromatic rings. The summed E-state index contributed by atoms with van der Waals surface area (Å²) in [4.78, 5) is 4.07. The average Bonchev–Trinajstić information content (AvgIpc) is 2.40. The van der Waals surface area contributed by atoms with Gasteiger partial charge in [-0.2, -0.15) is 0 Å². The summed E-state index contributed by atoms with van der Waals surface area (Å²) in [5, 5.41) is -0.0594. The number of hydrogen-bond acceptors (Lipinski definition) is 2. The van der Waals surface area contributed by atoms with Gasteiger partial charge in [0, 0.05) is 12.4 Å². The molecule has 1 heterocycles. The summed E-state index contributed by atoms with van der Waals surface area (Å²) in [6.07, 6.45) is 4.32. The molecule has 0 bridgehead atoms. The van der Waals surface area contributed by atoms with E-state index in [1.165, 1.54) is 0 Å². The van der Waals surface area contributed by atoms with Crippen LogP contribution < -0.4 is 4.74 Å². The molecule has 0 N–H and O–H groups in total. The molecule has 0 aliphatic rings. The first kappa shape index (κ1) is 11.9. The monoisotopic (exact) mass is 247 g/mol. The molecule has 0 aliphatic carbocycles. The smallest absolute Gasteiger partial charge is 0.119 e. The quantitative estimate of drug-likeness (QED) is 0.770. The summed E-state index contributed by atoms with van der Waals surface area (Å²) in [6, 6.07) is 11.8. The molecule has 1 aromatic heterocycles. The molecule has 17 heavy (non-hydrogen) atoms. The molecule has 1 aromatic carbocycles. The topological polar surface area (TPSA) is 22.1 Å². The van der Waals surface area contributed by atoms with E-state index in [9.17, 15) is 0 Å². The third kappa shape index (κ3) is 3.21. The molecule has 1 atom stereocenters. The van der Waals surface area contributed by atoms with Gasteiger partial charge in [0.25, 0.3) is 0 Å². The molecule has 88 valence electrons. The van der Waals surface area contributed by atoms with Crippen LogP contribution in [0.2, 0.25) is 0 Å². The number of alkyl halides is 1. The van der Waals surface area contributed by atoms with E-state index in [0.29, 0.717) is 0 Å². The summed E-state index contributed by atoms with van der Waals surface area (Å²) in [5.41, 5.74) is 2.20. The largest absolute Gasteiger partial charge is 0.497 e. The molecule has 0 saturated carbocycles. The minimum Gasteiger partial charge on any atom is -0.497 e. The van der Waals surface area contributed by atoms with Gasteiger partial charge in [0.1, 0.15) is 5.75 Å². The van der Waals surface area contributed by atoms with Crippen LogP contribution in [0.5, 0.6) is 5.75 Å². The van der Waals surface area contributed by atoms with Crippen molar-refractivity contribution in [1.82, 2.24) is 4.98 Å². The van der Waals surface area contributed by atoms with E-state index >= 15 is 0 Å². The fourth-order valence-corrected chi connectivity index (χ4v) is 1.99. The van der Waals surface area contributed by atoms with Gasteiger partial charge in [0.05, 0.1) is 12.5 Å². The number of methoxy groups -OCH3 is 1. The maximum atomic E-state index is 6.36. The van der Waals surface area contributed by atoms with Gasteiger partial charge in [0.2, 0.25) is 0 Å². The van der Waals surface area contributed by atoms with Crippen LogP contribution in [-0.2, 0) is 6.42 Å². The van der Waals surface area contributed by atoms with Crippen LogP contribution in [0.25, 0.3) is 0 Å². The number of halogens is 1. The second-order valence-corrected chi connectivity index (χ2v) is 4.34. The molecule has 0 spiro atoms. The highest BCUT2D eigenvalue weighted by Gasteiger charge is 2.09. The van der Waals surface area contributed by atoms with E-state index in [0.717, 1.165) is 23.3 Å². The van der Waals surface area contributed by atoms with Crippen molar-refractivity contribution in [1.29, 1.82) is 0 Å². The summed E-state index contributed by atoms with van der Waals surface area (Å²) in [5.74, 6) is 0.859. The number of pyridine rings is 1. The van der Waals surface area contributed by atoms with Crippen LogP contribution in [-0.4, -0.2) is 12.1 Å². The van der Waals surface area contributed by atoms with Gasteiger partial charge in [-0.3, -0.25) is 4.98 Å². The number of rotatable bonds is 4. The van der Waals surface area contributed by atoms with Crippen LogP contribution in [0.1, 0.15) is 16.5 Å². The number of aromatic nitrogens is 1. The Labute approximate surface area is 106 Å². The van der Waals surface area contributed by atoms with Gasteiger partial charge >= 0.3 is 0 Å². The highest BCUT2D eigenvalue weighted by Crippen LogP contribution is 2.25. The van der Waals surface area contributed by atoms with Crippen molar-refractivity contribution in [2.24, 2.45) is 0 Å². The summed E-state index contributed by atoms with van der Waals surface area (Å²) in [7, 11) is 1.67. The Kier molecular flexibility index (Phi) is 3.99. The minimum atomic E-state index is -0.0594. The fourth-order valence-electron chi connectivity index (χ4n) is 1.69. The van der Waals surface area contributed by atoms with Crippen molar-refractivity contribution < 1.29 is 4.74 Å². The maximum Gasteiger partial charge on any atom is 0.119 e. The number of nitrogens with zero attached hydrogens (tertiary/aromatic N) is 1. The highest BCUT2D eigenvalue weighted by atomic mass is 35.5. The summed E-state index contributed by atoms with van der Waals surface area (Å²) >= 11 is 6.36. The first-order valence-corrected chi connectivity index (χ1v) is 5.90. The van der Waals surface area contributed by atoms with Crippen molar-refractivity contribution in [2.75, 3.05) is 7.11 Å². The SMILES string of the molecule is COc1cccc(CC(Cl)c2cccnc2)c1. The Balaban J connectivity index is 2.10. The molecule has 2 rings (SSSR count). The lowest BCUT2D eigenvalue weighted by atomic mass is 10.1. The van der Waals surface area contributed by atoms with E-state index < -0.39 is 0 Å². The third-order valence-electron chi connectivity index (χ3n) is 2.60.